The lowest BCUT2D eigenvalue weighted by Gasteiger charge is -2.10. The number of Topliss-reactive ketones (excluding diaryl/α,β-unsaturated/α-hetero) is 1. The van der Waals surface area contributed by atoms with Crippen molar-refractivity contribution < 1.29 is 23.8 Å². The van der Waals surface area contributed by atoms with Gasteiger partial charge in [-0.25, -0.2) is 9.78 Å². The number of hydrogen-bond acceptors (Lipinski definition) is 7. The first-order chi connectivity index (χ1) is 11.6. The van der Waals surface area contributed by atoms with Crippen LogP contribution < -0.4 is 9.47 Å². The Morgan fingerprint density at radius 3 is 2.54 bits per heavy atom. The zero-order valence-electron chi connectivity index (χ0n) is 13.6. The Bertz CT molecular complexity index is 748. The highest BCUT2D eigenvalue weighted by molar-refractivity contribution is 7.98. The van der Waals surface area contributed by atoms with Crippen molar-refractivity contribution in [3.05, 3.63) is 47.7 Å². The van der Waals surface area contributed by atoms with Crippen LogP contribution in [0.2, 0.25) is 0 Å². The van der Waals surface area contributed by atoms with Gasteiger partial charge in [0.25, 0.3) is 0 Å². The molecule has 0 amide bonds. The van der Waals surface area contributed by atoms with Gasteiger partial charge in [-0.15, -0.1) is 11.8 Å². The van der Waals surface area contributed by atoms with Gasteiger partial charge in [0, 0.05) is 11.8 Å². The van der Waals surface area contributed by atoms with Crippen molar-refractivity contribution in [1.29, 1.82) is 0 Å². The monoisotopic (exact) mass is 347 g/mol. The van der Waals surface area contributed by atoms with Gasteiger partial charge >= 0.3 is 5.97 Å². The van der Waals surface area contributed by atoms with Gasteiger partial charge < -0.3 is 14.2 Å². The summed E-state index contributed by atoms with van der Waals surface area (Å²) in [5.74, 6) is 0.0396. The highest BCUT2D eigenvalue weighted by Gasteiger charge is 2.16. The summed E-state index contributed by atoms with van der Waals surface area (Å²) in [4.78, 5) is 28.4. The lowest BCUT2D eigenvalue weighted by atomic mass is 10.1. The van der Waals surface area contributed by atoms with E-state index in [0.29, 0.717) is 27.7 Å². The Morgan fingerprint density at radius 2 is 1.88 bits per heavy atom. The second-order valence-electron chi connectivity index (χ2n) is 4.63. The summed E-state index contributed by atoms with van der Waals surface area (Å²) in [5.41, 5.74) is 0.710. The van der Waals surface area contributed by atoms with E-state index in [9.17, 15) is 9.59 Å². The second-order valence-corrected chi connectivity index (χ2v) is 5.42. The molecule has 0 radical (unpaired) electrons. The zero-order chi connectivity index (χ0) is 17.5. The van der Waals surface area contributed by atoms with E-state index in [1.165, 1.54) is 26.0 Å². The van der Waals surface area contributed by atoms with Gasteiger partial charge in [-0.3, -0.25) is 4.79 Å². The molecule has 0 saturated heterocycles. The fraction of sp³-hybridized carbons (Fsp3) is 0.235. The molecule has 24 heavy (non-hydrogen) atoms. The minimum absolute atomic E-state index is 0.334. The zero-order valence-corrected chi connectivity index (χ0v) is 14.4. The summed E-state index contributed by atoms with van der Waals surface area (Å²) in [5, 5.41) is 0.557. The standard InChI is InChI=1S/C17H17NO5S/c1-21-14-7-6-11(9-15(14)22-2)13(19)10-23-17(20)12-5-4-8-18-16(12)24-3/h4-9H,10H2,1-3H3. The Balaban J connectivity index is 2.06. The molecule has 0 saturated carbocycles. The fourth-order valence-corrected chi connectivity index (χ4v) is 2.55. The smallest absolute Gasteiger partial charge is 0.341 e. The summed E-state index contributed by atoms with van der Waals surface area (Å²) in [6.07, 6.45) is 3.41. The number of rotatable bonds is 7. The highest BCUT2D eigenvalue weighted by atomic mass is 32.2. The minimum Gasteiger partial charge on any atom is -0.493 e. The molecule has 0 unspecified atom stereocenters. The Hall–Kier alpha value is -2.54. The first kappa shape index (κ1) is 17.8. The number of methoxy groups -OCH3 is 2. The van der Waals surface area contributed by atoms with Crippen molar-refractivity contribution >= 4 is 23.5 Å². The number of hydrogen-bond donors (Lipinski definition) is 0. The average Bonchev–Trinajstić information content (AvgIpc) is 2.64. The van der Waals surface area contributed by atoms with Crippen molar-refractivity contribution in [2.45, 2.75) is 5.03 Å². The van der Waals surface area contributed by atoms with E-state index >= 15 is 0 Å². The van der Waals surface area contributed by atoms with Crippen LogP contribution in [0.4, 0.5) is 0 Å². The Morgan fingerprint density at radius 1 is 1.12 bits per heavy atom. The van der Waals surface area contributed by atoms with Crippen LogP contribution in [0.3, 0.4) is 0 Å². The molecule has 7 heteroatoms. The Labute approximate surface area is 144 Å². The van der Waals surface area contributed by atoms with E-state index in [2.05, 4.69) is 4.98 Å². The second kappa shape index (κ2) is 8.35. The number of thioether (sulfide) groups is 1. The first-order valence-electron chi connectivity index (χ1n) is 7.02. The van der Waals surface area contributed by atoms with Gasteiger partial charge in [0.2, 0.25) is 0 Å². The number of carbonyl (C=O) groups excluding carboxylic acids is 2. The van der Waals surface area contributed by atoms with Gasteiger partial charge in [0.05, 0.1) is 19.8 Å². The predicted molar refractivity (Wildman–Crippen MR) is 90.2 cm³/mol. The number of ketones is 1. The third-order valence-electron chi connectivity index (χ3n) is 3.22. The number of nitrogens with zero attached hydrogens (tertiary/aromatic N) is 1. The predicted octanol–water partition coefficient (Wildman–Crippen LogP) is 2.86. The molecule has 0 aliphatic heterocycles. The molecule has 1 aromatic heterocycles. The summed E-state index contributed by atoms with van der Waals surface area (Å²) in [6, 6.07) is 8.02. The number of ether oxygens (including phenoxy) is 3. The quantitative estimate of drug-likeness (QED) is 0.433. The lowest BCUT2D eigenvalue weighted by molar-refractivity contribution is 0.0470. The first-order valence-corrected chi connectivity index (χ1v) is 8.24. The SMILES string of the molecule is COc1ccc(C(=O)COC(=O)c2cccnc2SC)cc1OC. The van der Waals surface area contributed by atoms with Crippen molar-refractivity contribution in [2.24, 2.45) is 0 Å². The van der Waals surface area contributed by atoms with E-state index < -0.39 is 5.97 Å². The molecular formula is C17H17NO5S. The van der Waals surface area contributed by atoms with E-state index in [-0.39, 0.29) is 12.4 Å². The molecule has 1 aromatic carbocycles. The van der Waals surface area contributed by atoms with Crippen molar-refractivity contribution in [2.75, 3.05) is 27.1 Å². The van der Waals surface area contributed by atoms with Crippen LogP contribution in [0.5, 0.6) is 11.5 Å². The number of esters is 1. The maximum Gasteiger partial charge on any atom is 0.341 e. The Kier molecular flexibility index (Phi) is 6.20. The molecule has 0 aliphatic rings. The van der Waals surface area contributed by atoms with Crippen LogP contribution in [0, 0.1) is 0 Å². The van der Waals surface area contributed by atoms with E-state index in [0.717, 1.165) is 0 Å². The van der Waals surface area contributed by atoms with Gasteiger partial charge in [-0.2, -0.15) is 0 Å². The van der Waals surface area contributed by atoms with Crippen LogP contribution in [0.25, 0.3) is 0 Å². The minimum atomic E-state index is -0.582. The van der Waals surface area contributed by atoms with Crippen LogP contribution >= 0.6 is 11.8 Å². The molecule has 0 fully saturated rings. The molecule has 0 aliphatic carbocycles. The molecule has 0 N–H and O–H groups in total. The van der Waals surface area contributed by atoms with E-state index in [1.807, 2.05) is 6.26 Å². The van der Waals surface area contributed by atoms with Crippen molar-refractivity contribution in [1.82, 2.24) is 4.98 Å². The van der Waals surface area contributed by atoms with Crippen LogP contribution in [0.1, 0.15) is 20.7 Å². The number of benzene rings is 1. The van der Waals surface area contributed by atoms with Crippen molar-refractivity contribution in [3.63, 3.8) is 0 Å². The van der Waals surface area contributed by atoms with Crippen molar-refractivity contribution in [3.8, 4) is 11.5 Å². The molecule has 0 atom stereocenters. The average molecular weight is 347 g/mol. The maximum atomic E-state index is 12.2. The van der Waals surface area contributed by atoms with Gasteiger partial charge in [-0.05, 0) is 36.6 Å². The van der Waals surface area contributed by atoms with Crippen LogP contribution in [-0.2, 0) is 4.74 Å². The highest BCUT2D eigenvalue weighted by Crippen LogP contribution is 2.27. The molecule has 2 aromatic rings. The summed E-state index contributed by atoms with van der Waals surface area (Å²) < 4.78 is 15.4. The maximum absolute atomic E-state index is 12.2. The van der Waals surface area contributed by atoms with Crippen LogP contribution in [0.15, 0.2) is 41.6 Å². The topological polar surface area (TPSA) is 74.7 Å². The number of aromatic nitrogens is 1. The van der Waals surface area contributed by atoms with E-state index in [1.54, 1.807) is 36.5 Å². The summed E-state index contributed by atoms with van der Waals surface area (Å²) >= 11 is 1.34. The molecule has 2 rings (SSSR count). The molecule has 6 nitrogen and oxygen atoms in total. The van der Waals surface area contributed by atoms with Crippen LogP contribution in [-0.4, -0.2) is 43.8 Å². The largest absolute Gasteiger partial charge is 0.493 e. The molecule has 0 bridgehead atoms. The molecule has 0 spiro atoms. The van der Waals surface area contributed by atoms with Gasteiger partial charge in [0.1, 0.15) is 5.03 Å². The van der Waals surface area contributed by atoms with Gasteiger partial charge in [-0.1, -0.05) is 0 Å². The normalized spacial score (nSPS) is 10.1. The lowest BCUT2D eigenvalue weighted by Crippen LogP contribution is -2.15. The van der Waals surface area contributed by atoms with E-state index in [4.69, 9.17) is 14.2 Å². The number of pyridine rings is 1. The van der Waals surface area contributed by atoms with Gasteiger partial charge in [0.15, 0.2) is 23.9 Å². The number of carbonyl (C=O) groups is 2. The molecule has 1 heterocycles. The summed E-state index contributed by atoms with van der Waals surface area (Å²) in [7, 11) is 3.00. The molecular weight excluding hydrogens is 330 g/mol. The third-order valence-corrected chi connectivity index (χ3v) is 3.94. The third kappa shape index (κ3) is 4.05. The fourth-order valence-electron chi connectivity index (χ4n) is 2.01. The summed E-state index contributed by atoms with van der Waals surface area (Å²) in [6.45, 7) is -0.364. The molecule has 126 valence electrons.